The van der Waals surface area contributed by atoms with Crippen LogP contribution in [0.4, 0.5) is 0 Å². The molecule has 0 radical (unpaired) electrons. The van der Waals surface area contributed by atoms with Crippen molar-refractivity contribution < 1.29 is 24.6 Å². The zero-order chi connectivity index (χ0) is 33.3. The van der Waals surface area contributed by atoms with Crippen molar-refractivity contribution >= 4 is 17.8 Å². The van der Waals surface area contributed by atoms with Crippen molar-refractivity contribution in [1.82, 2.24) is 19.4 Å². The van der Waals surface area contributed by atoms with E-state index in [1.807, 2.05) is 64.1 Å². The molecule has 1 unspecified atom stereocenters. The molecule has 0 bridgehead atoms. The zero-order valence-corrected chi connectivity index (χ0v) is 27.3. The Labute approximate surface area is 276 Å². The molecule has 246 valence electrons. The first kappa shape index (κ1) is 33.6. The van der Waals surface area contributed by atoms with Crippen molar-refractivity contribution in [3.63, 3.8) is 0 Å². The van der Waals surface area contributed by atoms with Crippen LogP contribution in [0.1, 0.15) is 87.4 Å². The van der Waals surface area contributed by atoms with Gasteiger partial charge < -0.3 is 24.6 Å². The van der Waals surface area contributed by atoms with Gasteiger partial charge in [0.25, 0.3) is 11.8 Å². The number of fused-ring (bicyclic) bond motifs is 1. The number of amides is 2. The third-order valence-electron chi connectivity index (χ3n) is 8.90. The second-order valence-electron chi connectivity index (χ2n) is 12.2. The zero-order valence-electron chi connectivity index (χ0n) is 27.3. The lowest BCUT2D eigenvalue weighted by Gasteiger charge is -2.36. The number of aryl methyl sites for hydroxylation is 2. The lowest BCUT2D eigenvalue weighted by Crippen LogP contribution is -2.46. The number of unbranched alkanes of at least 4 members (excludes halogenated alkanes) is 2. The van der Waals surface area contributed by atoms with Crippen LogP contribution in [-0.4, -0.2) is 73.1 Å². The van der Waals surface area contributed by atoms with E-state index >= 15 is 0 Å². The van der Waals surface area contributed by atoms with Crippen LogP contribution in [0.2, 0.25) is 0 Å². The Balaban J connectivity index is 1.59. The van der Waals surface area contributed by atoms with E-state index in [4.69, 9.17) is 4.98 Å². The molecule has 2 N–H and O–H groups in total. The van der Waals surface area contributed by atoms with Crippen LogP contribution >= 0.6 is 0 Å². The minimum atomic E-state index is -1.15. The van der Waals surface area contributed by atoms with E-state index in [-0.39, 0.29) is 30.2 Å². The standard InChI is InChI=1S/C38H44N4O5/c1-3-5-19-40(20-6-4-2)37(45)34-25-41(21-18-27-12-8-7-9-13-27)35(39-34)32-17-16-29(38(46)47)23-33(32)36(44)42-24-30-15-11-10-14-28(30)22-31(42)26-43/h7-17,23,25,31,43H,3-6,18-22,24,26H2,1-2H3,(H,46,47). The van der Waals surface area contributed by atoms with Gasteiger partial charge in [0.2, 0.25) is 0 Å². The van der Waals surface area contributed by atoms with E-state index in [9.17, 15) is 24.6 Å². The summed E-state index contributed by atoms with van der Waals surface area (Å²) in [5.41, 5.74) is 4.05. The second-order valence-corrected chi connectivity index (χ2v) is 12.2. The van der Waals surface area contributed by atoms with E-state index in [2.05, 4.69) is 13.8 Å². The Morgan fingerprint density at radius 1 is 0.915 bits per heavy atom. The summed E-state index contributed by atoms with van der Waals surface area (Å²) in [6, 6.07) is 21.8. The predicted octanol–water partition coefficient (Wildman–Crippen LogP) is 6.09. The molecule has 1 aromatic heterocycles. The van der Waals surface area contributed by atoms with E-state index < -0.39 is 17.9 Å². The summed E-state index contributed by atoms with van der Waals surface area (Å²) < 4.78 is 1.90. The number of carbonyl (C=O) groups excluding carboxylic acids is 2. The number of benzene rings is 3. The summed E-state index contributed by atoms with van der Waals surface area (Å²) in [5, 5.41) is 20.2. The topological polar surface area (TPSA) is 116 Å². The molecule has 0 fully saturated rings. The Morgan fingerprint density at radius 2 is 1.60 bits per heavy atom. The van der Waals surface area contributed by atoms with Gasteiger partial charge in [0.1, 0.15) is 11.5 Å². The molecule has 1 atom stereocenters. The van der Waals surface area contributed by atoms with Crippen molar-refractivity contribution in [3.8, 4) is 11.4 Å². The fraction of sp³-hybridized carbons (Fsp3) is 0.368. The molecule has 4 aromatic rings. The van der Waals surface area contributed by atoms with Gasteiger partial charge in [-0.25, -0.2) is 9.78 Å². The van der Waals surface area contributed by atoms with Gasteiger partial charge in [0, 0.05) is 37.9 Å². The number of aromatic carboxylic acids is 1. The second kappa shape index (κ2) is 15.7. The average molecular weight is 637 g/mol. The third-order valence-corrected chi connectivity index (χ3v) is 8.90. The summed E-state index contributed by atoms with van der Waals surface area (Å²) >= 11 is 0. The van der Waals surface area contributed by atoms with E-state index in [1.54, 1.807) is 17.2 Å². The van der Waals surface area contributed by atoms with Crippen LogP contribution in [0.3, 0.4) is 0 Å². The summed E-state index contributed by atoms with van der Waals surface area (Å²) in [4.78, 5) is 48.8. The van der Waals surface area contributed by atoms with E-state index in [0.717, 1.165) is 42.4 Å². The number of carbonyl (C=O) groups is 3. The SMILES string of the molecule is CCCCN(CCCC)C(=O)c1cn(CCc2ccccc2)c(-c2ccc(C(=O)O)cc2C(=O)N2Cc3ccccc3CC2CO)n1. The molecule has 1 aliphatic heterocycles. The monoisotopic (exact) mass is 636 g/mol. The smallest absolute Gasteiger partial charge is 0.335 e. The quantitative estimate of drug-likeness (QED) is 0.173. The maximum Gasteiger partial charge on any atom is 0.335 e. The molecule has 2 amide bonds. The van der Waals surface area contributed by atoms with Crippen molar-refractivity contribution in [3.05, 3.63) is 113 Å². The van der Waals surface area contributed by atoms with Gasteiger partial charge in [-0.3, -0.25) is 9.59 Å². The molecule has 9 heteroatoms. The molecule has 0 spiro atoms. The first-order valence-corrected chi connectivity index (χ1v) is 16.6. The summed E-state index contributed by atoms with van der Waals surface area (Å²) in [6.07, 6.45) is 6.61. The van der Waals surface area contributed by atoms with Crippen LogP contribution in [0.15, 0.2) is 79.0 Å². The fourth-order valence-corrected chi connectivity index (χ4v) is 6.17. The lowest BCUT2D eigenvalue weighted by molar-refractivity contribution is 0.0544. The number of nitrogens with zero attached hydrogens (tertiary/aromatic N) is 4. The highest BCUT2D eigenvalue weighted by atomic mass is 16.4. The van der Waals surface area contributed by atoms with Crippen LogP contribution in [-0.2, 0) is 25.9 Å². The van der Waals surface area contributed by atoms with Crippen molar-refractivity contribution in [2.75, 3.05) is 19.7 Å². The Hall–Kier alpha value is -4.76. The highest BCUT2D eigenvalue weighted by molar-refractivity contribution is 6.03. The summed E-state index contributed by atoms with van der Waals surface area (Å²) in [5.74, 6) is -1.28. The van der Waals surface area contributed by atoms with E-state index in [0.29, 0.717) is 49.6 Å². The van der Waals surface area contributed by atoms with Gasteiger partial charge in [-0.15, -0.1) is 0 Å². The van der Waals surface area contributed by atoms with Crippen LogP contribution < -0.4 is 0 Å². The third kappa shape index (κ3) is 7.80. The first-order chi connectivity index (χ1) is 22.8. The highest BCUT2D eigenvalue weighted by Gasteiger charge is 2.32. The molecular formula is C38H44N4O5. The van der Waals surface area contributed by atoms with Gasteiger partial charge in [-0.1, -0.05) is 81.3 Å². The normalized spacial score (nSPS) is 14.1. The number of hydrogen-bond donors (Lipinski definition) is 2. The Morgan fingerprint density at radius 3 is 2.26 bits per heavy atom. The molecule has 1 aliphatic rings. The first-order valence-electron chi connectivity index (χ1n) is 16.6. The fourth-order valence-electron chi connectivity index (χ4n) is 6.17. The Bertz CT molecular complexity index is 1690. The van der Waals surface area contributed by atoms with Crippen LogP contribution in [0, 0.1) is 0 Å². The van der Waals surface area contributed by atoms with E-state index in [1.165, 1.54) is 12.1 Å². The minimum Gasteiger partial charge on any atom is -0.478 e. The lowest BCUT2D eigenvalue weighted by atomic mass is 9.92. The van der Waals surface area contributed by atoms with Crippen molar-refractivity contribution in [1.29, 1.82) is 0 Å². The number of hydrogen-bond acceptors (Lipinski definition) is 5. The molecule has 0 aliphatic carbocycles. The average Bonchev–Trinajstić information content (AvgIpc) is 3.53. The number of aliphatic hydroxyl groups excluding tert-OH is 1. The number of carboxylic acids is 1. The maximum absolute atomic E-state index is 14.4. The predicted molar refractivity (Wildman–Crippen MR) is 181 cm³/mol. The summed E-state index contributed by atoms with van der Waals surface area (Å²) in [7, 11) is 0. The van der Waals surface area contributed by atoms with Gasteiger partial charge in [-0.2, -0.15) is 0 Å². The molecule has 9 nitrogen and oxygen atoms in total. The Kier molecular flexibility index (Phi) is 11.2. The van der Waals surface area contributed by atoms with Crippen molar-refractivity contribution in [2.24, 2.45) is 0 Å². The van der Waals surface area contributed by atoms with Crippen LogP contribution in [0.5, 0.6) is 0 Å². The molecule has 0 saturated carbocycles. The number of carboxylic acid groups (broad SMARTS) is 1. The maximum atomic E-state index is 14.4. The molecule has 3 aromatic carbocycles. The van der Waals surface area contributed by atoms with Gasteiger partial charge in [-0.05, 0) is 60.6 Å². The number of imidazole rings is 1. The van der Waals surface area contributed by atoms with Gasteiger partial charge >= 0.3 is 5.97 Å². The number of aliphatic hydroxyl groups is 1. The largest absolute Gasteiger partial charge is 0.478 e. The number of rotatable bonds is 14. The molecule has 47 heavy (non-hydrogen) atoms. The molecule has 2 heterocycles. The number of aromatic nitrogens is 2. The minimum absolute atomic E-state index is 0.0287. The molecular weight excluding hydrogens is 592 g/mol. The van der Waals surface area contributed by atoms with Crippen molar-refractivity contribution in [2.45, 2.75) is 71.5 Å². The molecule has 5 rings (SSSR count). The van der Waals surface area contributed by atoms with Gasteiger partial charge in [0.15, 0.2) is 0 Å². The van der Waals surface area contributed by atoms with Crippen LogP contribution in [0.25, 0.3) is 11.4 Å². The summed E-state index contributed by atoms with van der Waals surface area (Å²) in [6.45, 7) is 6.01. The molecule has 0 saturated heterocycles. The van der Waals surface area contributed by atoms with Gasteiger partial charge in [0.05, 0.1) is 23.8 Å². The highest BCUT2D eigenvalue weighted by Crippen LogP contribution is 2.31.